The molecule has 0 saturated heterocycles. The molecule has 0 heterocycles. The largest absolute Gasteiger partial charge is 0.417 e. The molecule has 0 fully saturated rings. The second-order valence-electron chi connectivity index (χ2n) is 4.21. The fourth-order valence-electron chi connectivity index (χ4n) is 1.40. The highest BCUT2D eigenvalue weighted by Gasteiger charge is 2.33. The first-order valence-corrected chi connectivity index (χ1v) is 6.41. The number of hydrogen-bond donors (Lipinski definition) is 2. The maximum absolute atomic E-state index is 12.7. The van der Waals surface area contributed by atoms with E-state index < -0.39 is 17.6 Å². The topological polar surface area (TPSA) is 55.1 Å². The minimum absolute atomic E-state index is 0.0276. The fraction of sp³-hybridized carbons (Fsp3) is 0.417. The number of benzene rings is 1. The molecule has 3 nitrogen and oxygen atoms in total. The lowest BCUT2D eigenvalue weighted by atomic mass is 10.1. The first-order chi connectivity index (χ1) is 8.71. The minimum Gasteiger partial charge on any atom is -0.352 e. The highest BCUT2D eigenvalue weighted by Crippen LogP contribution is 2.35. The van der Waals surface area contributed by atoms with Crippen molar-refractivity contribution in [3.05, 3.63) is 33.8 Å². The van der Waals surface area contributed by atoms with Gasteiger partial charge in [0, 0.05) is 22.6 Å². The van der Waals surface area contributed by atoms with Crippen molar-refractivity contribution in [2.75, 3.05) is 6.54 Å². The molecule has 7 heteroatoms. The van der Waals surface area contributed by atoms with E-state index in [1.807, 2.05) is 0 Å². The monoisotopic (exact) mass is 338 g/mol. The zero-order chi connectivity index (χ0) is 14.6. The van der Waals surface area contributed by atoms with Gasteiger partial charge >= 0.3 is 6.18 Å². The maximum atomic E-state index is 12.7. The molecule has 0 aliphatic rings. The second kappa shape index (κ2) is 6.38. The molecule has 0 saturated carbocycles. The quantitative estimate of drug-likeness (QED) is 0.886. The summed E-state index contributed by atoms with van der Waals surface area (Å²) in [5.74, 6) is -0.543. The highest BCUT2D eigenvalue weighted by atomic mass is 79.9. The van der Waals surface area contributed by atoms with Crippen molar-refractivity contribution < 1.29 is 18.0 Å². The number of carbonyl (C=O) groups is 1. The van der Waals surface area contributed by atoms with E-state index in [4.69, 9.17) is 5.73 Å². The maximum Gasteiger partial charge on any atom is 0.417 e. The molecule has 0 radical (unpaired) electrons. The van der Waals surface area contributed by atoms with Crippen LogP contribution in [0.25, 0.3) is 0 Å². The molecule has 3 N–H and O–H groups in total. The Labute approximate surface area is 117 Å². The normalized spacial score (nSPS) is 13.2. The number of rotatable bonds is 4. The average Bonchev–Trinajstić information content (AvgIpc) is 2.27. The average molecular weight is 339 g/mol. The first-order valence-electron chi connectivity index (χ1n) is 5.62. The van der Waals surface area contributed by atoms with Crippen molar-refractivity contribution in [1.82, 2.24) is 5.32 Å². The molecule has 1 amide bonds. The number of nitrogens with one attached hydrogen (secondary N) is 1. The van der Waals surface area contributed by atoms with Gasteiger partial charge in [-0.25, -0.2) is 0 Å². The summed E-state index contributed by atoms with van der Waals surface area (Å²) in [5, 5.41) is 2.53. The lowest BCUT2D eigenvalue weighted by Gasteiger charge is -2.11. The molecule has 1 unspecified atom stereocenters. The number of nitrogens with two attached hydrogens (primary N) is 1. The molecule has 0 bridgehead atoms. The zero-order valence-electron chi connectivity index (χ0n) is 10.2. The van der Waals surface area contributed by atoms with Crippen molar-refractivity contribution in [2.45, 2.75) is 25.6 Å². The van der Waals surface area contributed by atoms with Crippen molar-refractivity contribution in [1.29, 1.82) is 0 Å². The third-order valence-electron chi connectivity index (χ3n) is 2.42. The number of carbonyl (C=O) groups excluding carboxylic acids is 1. The molecule has 1 aromatic carbocycles. The van der Waals surface area contributed by atoms with Gasteiger partial charge in [-0.05, 0) is 31.5 Å². The van der Waals surface area contributed by atoms with Crippen molar-refractivity contribution >= 4 is 21.8 Å². The first kappa shape index (κ1) is 16.0. The van der Waals surface area contributed by atoms with Gasteiger partial charge in [0.15, 0.2) is 0 Å². The molecule has 0 spiro atoms. The number of halogens is 4. The van der Waals surface area contributed by atoms with Crippen LogP contribution in [0.2, 0.25) is 0 Å². The van der Waals surface area contributed by atoms with E-state index in [1.54, 1.807) is 6.92 Å². The smallest absolute Gasteiger partial charge is 0.352 e. The molecule has 106 valence electrons. The lowest BCUT2D eigenvalue weighted by Crippen LogP contribution is -2.29. The summed E-state index contributed by atoms with van der Waals surface area (Å²) in [6, 6.07) is 3.30. The Kier molecular flexibility index (Phi) is 5.37. The lowest BCUT2D eigenvalue weighted by molar-refractivity contribution is -0.138. The Balaban J connectivity index is 2.82. The number of amides is 1. The summed E-state index contributed by atoms with van der Waals surface area (Å²) in [6.07, 6.45) is -3.94. The molecule has 1 atom stereocenters. The Morgan fingerprint density at radius 3 is 2.63 bits per heavy atom. The van der Waals surface area contributed by atoms with E-state index >= 15 is 0 Å². The summed E-state index contributed by atoms with van der Waals surface area (Å²) in [5.41, 5.74) is 4.62. The highest BCUT2D eigenvalue weighted by molar-refractivity contribution is 9.10. The molecular weight excluding hydrogens is 325 g/mol. The molecule has 0 aliphatic carbocycles. The number of hydrogen-bond acceptors (Lipinski definition) is 2. The summed E-state index contributed by atoms with van der Waals surface area (Å²) in [6.45, 7) is 2.11. The van der Waals surface area contributed by atoms with Crippen molar-refractivity contribution in [2.24, 2.45) is 5.73 Å². The van der Waals surface area contributed by atoms with E-state index in [0.717, 1.165) is 6.07 Å². The summed E-state index contributed by atoms with van der Waals surface area (Å²) in [4.78, 5) is 11.7. The Bertz CT molecular complexity index is 461. The Hall–Kier alpha value is -1.08. The third-order valence-corrected chi connectivity index (χ3v) is 3.11. The van der Waals surface area contributed by atoms with Crippen LogP contribution in [0.3, 0.4) is 0 Å². The van der Waals surface area contributed by atoms with Crippen LogP contribution in [0, 0.1) is 0 Å². The Morgan fingerprint density at radius 2 is 2.11 bits per heavy atom. The minimum atomic E-state index is -4.50. The van der Waals surface area contributed by atoms with Gasteiger partial charge in [0.1, 0.15) is 0 Å². The molecular formula is C12H14BrF3N2O. The van der Waals surface area contributed by atoms with Crippen LogP contribution in [0.5, 0.6) is 0 Å². The predicted octanol–water partition coefficient (Wildman–Crippen LogP) is 2.94. The van der Waals surface area contributed by atoms with Gasteiger partial charge < -0.3 is 11.1 Å². The zero-order valence-corrected chi connectivity index (χ0v) is 11.8. The molecule has 1 aromatic rings. The van der Waals surface area contributed by atoms with Gasteiger partial charge in [-0.3, -0.25) is 4.79 Å². The van der Waals surface area contributed by atoms with E-state index in [9.17, 15) is 18.0 Å². The summed E-state index contributed by atoms with van der Waals surface area (Å²) < 4.78 is 37.9. The van der Waals surface area contributed by atoms with Crippen LogP contribution in [0.1, 0.15) is 29.3 Å². The van der Waals surface area contributed by atoms with E-state index in [2.05, 4.69) is 21.2 Å². The second-order valence-corrected chi connectivity index (χ2v) is 5.07. The summed E-state index contributed by atoms with van der Waals surface area (Å²) >= 11 is 2.82. The van der Waals surface area contributed by atoms with E-state index in [1.165, 1.54) is 12.1 Å². The van der Waals surface area contributed by atoms with Gasteiger partial charge in [-0.2, -0.15) is 13.2 Å². The van der Waals surface area contributed by atoms with E-state index in [0.29, 0.717) is 13.0 Å². The standard InChI is InChI=1S/C12H14BrF3N2O/c1-7(17)4-5-18-11(19)8-2-3-10(13)9(6-8)12(14,15)16/h2-3,6-7H,4-5,17H2,1H3,(H,18,19). The van der Waals surface area contributed by atoms with Crippen molar-refractivity contribution in [3.63, 3.8) is 0 Å². The van der Waals surface area contributed by atoms with E-state index in [-0.39, 0.29) is 16.1 Å². The van der Waals surface area contributed by atoms with Crippen LogP contribution in [0.15, 0.2) is 22.7 Å². The molecule has 19 heavy (non-hydrogen) atoms. The van der Waals surface area contributed by atoms with Gasteiger partial charge in [0.2, 0.25) is 0 Å². The molecule has 0 aromatic heterocycles. The van der Waals surface area contributed by atoms with Crippen LogP contribution in [-0.2, 0) is 6.18 Å². The van der Waals surface area contributed by atoms with Gasteiger partial charge in [0.05, 0.1) is 5.56 Å². The predicted molar refractivity (Wildman–Crippen MR) is 69.7 cm³/mol. The van der Waals surface area contributed by atoms with Gasteiger partial charge in [-0.15, -0.1) is 0 Å². The fourth-order valence-corrected chi connectivity index (χ4v) is 1.87. The van der Waals surface area contributed by atoms with Crippen LogP contribution >= 0.6 is 15.9 Å². The molecule has 0 aliphatic heterocycles. The van der Waals surface area contributed by atoms with Crippen LogP contribution in [0.4, 0.5) is 13.2 Å². The van der Waals surface area contributed by atoms with Crippen molar-refractivity contribution in [3.8, 4) is 0 Å². The van der Waals surface area contributed by atoms with Gasteiger partial charge in [0.25, 0.3) is 5.91 Å². The summed E-state index contributed by atoms with van der Waals surface area (Å²) in [7, 11) is 0. The SMILES string of the molecule is CC(N)CCNC(=O)c1ccc(Br)c(C(F)(F)F)c1. The van der Waals surface area contributed by atoms with Crippen LogP contribution < -0.4 is 11.1 Å². The number of alkyl halides is 3. The Morgan fingerprint density at radius 1 is 1.47 bits per heavy atom. The molecule has 1 rings (SSSR count). The van der Waals surface area contributed by atoms with Gasteiger partial charge in [-0.1, -0.05) is 15.9 Å². The third kappa shape index (κ3) is 4.83. The van der Waals surface area contributed by atoms with Crippen LogP contribution in [-0.4, -0.2) is 18.5 Å².